The minimum absolute atomic E-state index is 0.106. The molecule has 2 aromatic carbocycles. The Morgan fingerprint density at radius 1 is 1.12 bits per heavy atom. The molecule has 2 aromatic rings. The minimum atomic E-state index is -1.28. The molecule has 1 aliphatic heterocycles. The average Bonchev–Trinajstić information content (AvgIpc) is 3.06. The van der Waals surface area contributed by atoms with Gasteiger partial charge in [0.05, 0.1) is 19.2 Å². The molecule has 0 spiro atoms. The quantitative estimate of drug-likeness (QED) is 0.503. The Bertz CT molecular complexity index is 1080. The molecule has 1 fully saturated rings. The Morgan fingerprint density at radius 3 is 2.50 bits per heavy atom. The lowest BCUT2D eigenvalue weighted by atomic mass is 10.1. The number of para-hydroxylation sites is 2. The maximum absolute atomic E-state index is 13.2. The number of carboxylic acids is 1. The number of aryl methyl sites for hydroxylation is 1. The summed E-state index contributed by atoms with van der Waals surface area (Å²) in [5.41, 5.74) is 2.05. The molecule has 1 heterocycles. The molecule has 8 nitrogen and oxygen atoms in total. The third kappa shape index (κ3) is 4.85. The maximum atomic E-state index is 13.2. The third-order valence-electron chi connectivity index (χ3n) is 5.32. The summed E-state index contributed by atoms with van der Waals surface area (Å²) in [6.07, 6.45) is 1.81. The first-order valence-corrected chi connectivity index (χ1v) is 10.1. The maximum Gasteiger partial charge on any atom is 0.328 e. The summed E-state index contributed by atoms with van der Waals surface area (Å²) >= 11 is 0. The van der Waals surface area contributed by atoms with Gasteiger partial charge in [-0.15, -0.1) is 0 Å². The second-order valence-electron chi connectivity index (χ2n) is 7.34. The number of hydrogen-bond acceptors (Lipinski definition) is 5. The van der Waals surface area contributed by atoms with Gasteiger partial charge in [-0.3, -0.25) is 14.4 Å². The summed E-state index contributed by atoms with van der Waals surface area (Å²) < 4.78 is 5.34. The number of anilines is 1. The van der Waals surface area contributed by atoms with Crippen molar-refractivity contribution in [1.29, 1.82) is 0 Å². The molecule has 3 rings (SSSR count). The zero-order valence-corrected chi connectivity index (χ0v) is 17.9. The van der Waals surface area contributed by atoms with Crippen molar-refractivity contribution in [2.24, 2.45) is 0 Å². The lowest BCUT2D eigenvalue weighted by molar-refractivity contribution is -0.135. The van der Waals surface area contributed by atoms with Crippen molar-refractivity contribution in [1.82, 2.24) is 4.90 Å². The van der Waals surface area contributed by atoms with Crippen LogP contribution in [0.15, 0.2) is 60.7 Å². The van der Waals surface area contributed by atoms with Crippen molar-refractivity contribution >= 4 is 29.4 Å². The van der Waals surface area contributed by atoms with Gasteiger partial charge in [0.1, 0.15) is 11.8 Å². The van der Waals surface area contributed by atoms with Crippen LogP contribution in [0.1, 0.15) is 17.5 Å². The Labute approximate surface area is 185 Å². The van der Waals surface area contributed by atoms with Gasteiger partial charge in [-0.1, -0.05) is 36.4 Å². The Kier molecular flexibility index (Phi) is 7.04. The number of imide groups is 1. The van der Waals surface area contributed by atoms with E-state index in [1.54, 1.807) is 37.3 Å². The molecule has 0 bridgehead atoms. The Balaban J connectivity index is 1.90. The number of benzene rings is 2. The van der Waals surface area contributed by atoms with E-state index in [2.05, 4.69) is 0 Å². The summed E-state index contributed by atoms with van der Waals surface area (Å²) in [6, 6.07) is 13.3. The van der Waals surface area contributed by atoms with Crippen LogP contribution in [0.3, 0.4) is 0 Å². The van der Waals surface area contributed by atoms with Gasteiger partial charge in [0.2, 0.25) is 11.8 Å². The van der Waals surface area contributed by atoms with Crippen LogP contribution in [0.25, 0.3) is 0 Å². The molecule has 3 amide bonds. The fourth-order valence-corrected chi connectivity index (χ4v) is 3.74. The zero-order chi connectivity index (χ0) is 23.3. The number of carboxylic acid groups (broad SMARTS) is 1. The number of aliphatic carboxylic acids is 1. The van der Waals surface area contributed by atoms with Crippen LogP contribution in [0, 0.1) is 6.92 Å². The molecule has 1 saturated heterocycles. The highest BCUT2D eigenvalue weighted by molar-refractivity contribution is 6.23. The Morgan fingerprint density at radius 2 is 1.81 bits per heavy atom. The second kappa shape index (κ2) is 9.91. The molecule has 32 heavy (non-hydrogen) atoms. The number of nitrogens with zero attached hydrogens (tertiary/aromatic N) is 2. The molecular formula is C24H24N2O6. The van der Waals surface area contributed by atoms with E-state index in [4.69, 9.17) is 9.84 Å². The van der Waals surface area contributed by atoms with E-state index < -0.39 is 29.7 Å². The largest absolute Gasteiger partial charge is 0.496 e. The van der Waals surface area contributed by atoms with Crippen molar-refractivity contribution < 1.29 is 29.0 Å². The summed E-state index contributed by atoms with van der Waals surface area (Å²) in [5.74, 6) is -2.22. The summed E-state index contributed by atoms with van der Waals surface area (Å²) in [5, 5.41) is 8.90. The lowest BCUT2D eigenvalue weighted by Gasteiger charge is -2.27. The van der Waals surface area contributed by atoms with Crippen molar-refractivity contribution in [3.8, 4) is 5.75 Å². The highest BCUT2D eigenvalue weighted by atomic mass is 16.5. The molecule has 1 aliphatic rings. The van der Waals surface area contributed by atoms with Crippen molar-refractivity contribution in [3.05, 3.63) is 71.8 Å². The fraction of sp³-hybridized carbons (Fsp3) is 0.250. The van der Waals surface area contributed by atoms with E-state index in [9.17, 15) is 19.2 Å². The topological polar surface area (TPSA) is 104 Å². The zero-order valence-electron chi connectivity index (χ0n) is 17.9. The standard InChI is InChI=1S/C24H24N2O6/c1-16-7-3-5-9-18(16)26-22(28)15-19(24(26)31)25(21(27)11-12-23(29)30)14-13-17-8-4-6-10-20(17)32-2/h3-12,19H,13-15H2,1-2H3,(H,29,30)/b12-11+/t19-/m1/s1. The first-order valence-electron chi connectivity index (χ1n) is 10.1. The van der Waals surface area contributed by atoms with Crippen LogP contribution in [0.2, 0.25) is 0 Å². The monoisotopic (exact) mass is 436 g/mol. The fourth-order valence-electron chi connectivity index (χ4n) is 3.74. The van der Waals surface area contributed by atoms with Crippen LogP contribution >= 0.6 is 0 Å². The first-order chi connectivity index (χ1) is 15.3. The molecule has 166 valence electrons. The number of rotatable bonds is 8. The van der Waals surface area contributed by atoms with Crippen molar-refractivity contribution in [3.63, 3.8) is 0 Å². The van der Waals surface area contributed by atoms with E-state index in [1.807, 2.05) is 18.2 Å². The second-order valence-corrected chi connectivity index (χ2v) is 7.34. The molecule has 1 N–H and O–H groups in total. The molecule has 0 unspecified atom stereocenters. The molecule has 8 heteroatoms. The van der Waals surface area contributed by atoms with Gasteiger partial charge in [-0.25, -0.2) is 9.69 Å². The average molecular weight is 436 g/mol. The van der Waals surface area contributed by atoms with Crippen LogP contribution < -0.4 is 9.64 Å². The number of methoxy groups -OCH3 is 1. The summed E-state index contributed by atoms with van der Waals surface area (Å²) in [7, 11) is 1.54. The predicted molar refractivity (Wildman–Crippen MR) is 117 cm³/mol. The number of hydrogen-bond donors (Lipinski definition) is 1. The van der Waals surface area contributed by atoms with Crippen LogP contribution in [0.4, 0.5) is 5.69 Å². The van der Waals surface area contributed by atoms with Crippen LogP contribution in [-0.2, 0) is 25.6 Å². The van der Waals surface area contributed by atoms with E-state index in [0.29, 0.717) is 17.9 Å². The van der Waals surface area contributed by atoms with E-state index in [-0.39, 0.29) is 13.0 Å². The normalized spacial score (nSPS) is 15.9. The molecule has 0 radical (unpaired) electrons. The summed E-state index contributed by atoms with van der Waals surface area (Å²) in [4.78, 5) is 52.1. The Hall–Kier alpha value is -3.94. The SMILES string of the molecule is COc1ccccc1CCN(C(=O)/C=C/C(=O)O)[C@@H]1CC(=O)N(c2ccccc2C)C1=O. The minimum Gasteiger partial charge on any atom is -0.496 e. The van der Waals surface area contributed by atoms with Crippen molar-refractivity contribution in [2.75, 3.05) is 18.6 Å². The van der Waals surface area contributed by atoms with Gasteiger partial charge in [0, 0.05) is 18.7 Å². The highest BCUT2D eigenvalue weighted by Gasteiger charge is 2.44. The number of ether oxygens (including phenoxy) is 1. The number of amides is 3. The van der Waals surface area contributed by atoms with Crippen LogP contribution in [-0.4, -0.2) is 53.4 Å². The molecular weight excluding hydrogens is 412 g/mol. The van der Waals surface area contributed by atoms with E-state index in [0.717, 1.165) is 28.2 Å². The molecule has 0 saturated carbocycles. The summed E-state index contributed by atoms with van der Waals surface area (Å²) in [6.45, 7) is 1.90. The predicted octanol–water partition coefficient (Wildman–Crippen LogP) is 2.35. The lowest BCUT2D eigenvalue weighted by Crippen LogP contribution is -2.46. The highest BCUT2D eigenvalue weighted by Crippen LogP contribution is 2.29. The van der Waals surface area contributed by atoms with Gasteiger partial charge >= 0.3 is 5.97 Å². The van der Waals surface area contributed by atoms with Gasteiger partial charge in [-0.2, -0.15) is 0 Å². The number of carbonyl (C=O) groups is 4. The first kappa shape index (κ1) is 22.7. The van der Waals surface area contributed by atoms with E-state index in [1.165, 1.54) is 12.0 Å². The molecule has 0 aliphatic carbocycles. The van der Waals surface area contributed by atoms with Gasteiger partial charge in [0.15, 0.2) is 0 Å². The van der Waals surface area contributed by atoms with Gasteiger partial charge in [-0.05, 0) is 36.6 Å². The van der Waals surface area contributed by atoms with E-state index >= 15 is 0 Å². The van der Waals surface area contributed by atoms with Crippen molar-refractivity contribution in [2.45, 2.75) is 25.8 Å². The van der Waals surface area contributed by atoms with Crippen LogP contribution in [0.5, 0.6) is 5.75 Å². The molecule has 1 atom stereocenters. The van der Waals surface area contributed by atoms with Gasteiger partial charge in [0.25, 0.3) is 5.91 Å². The third-order valence-corrected chi connectivity index (χ3v) is 5.32. The van der Waals surface area contributed by atoms with Gasteiger partial charge < -0.3 is 14.7 Å². The molecule has 0 aromatic heterocycles. The smallest absolute Gasteiger partial charge is 0.328 e. The number of carbonyl (C=O) groups excluding carboxylic acids is 3.